The number of hydrogen-bond acceptors (Lipinski definition) is 3. The molecule has 6 heteroatoms. The van der Waals surface area contributed by atoms with Gasteiger partial charge in [0.25, 0.3) is 5.91 Å². The van der Waals surface area contributed by atoms with Gasteiger partial charge in [0.15, 0.2) is 0 Å². The summed E-state index contributed by atoms with van der Waals surface area (Å²) in [6.07, 6.45) is 4.54. The van der Waals surface area contributed by atoms with Gasteiger partial charge in [-0.15, -0.1) is 0 Å². The molecule has 0 spiro atoms. The Kier molecular flexibility index (Phi) is 5.35. The molecule has 1 saturated heterocycles. The van der Waals surface area contributed by atoms with Crippen LogP contribution in [0.4, 0.5) is 11.4 Å². The Labute approximate surface area is 169 Å². The minimum atomic E-state index is -0.173. The van der Waals surface area contributed by atoms with Crippen molar-refractivity contribution in [1.82, 2.24) is 9.78 Å². The van der Waals surface area contributed by atoms with Crippen LogP contribution in [0.1, 0.15) is 29.3 Å². The summed E-state index contributed by atoms with van der Waals surface area (Å²) in [6, 6.07) is 15.7. The van der Waals surface area contributed by atoms with E-state index in [2.05, 4.69) is 34.4 Å². The summed E-state index contributed by atoms with van der Waals surface area (Å²) in [5.41, 5.74) is 3.46. The lowest BCUT2D eigenvalue weighted by atomic mass is 10.2. The molecule has 1 fully saturated rings. The first-order valence-electron chi connectivity index (χ1n) is 9.51. The Balaban J connectivity index is 1.39. The van der Waals surface area contributed by atoms with Gasteiger partial charge < -0.3 is 10.2 Å². The maximum absolute atomic E-state index is 12.5. The summed E-state index contributed by atoms with van der Waals surface area (Å²) in [6.45, 7) is 4.99. The molecule has 2 heterocycles. The summed E-state index contributed by atoms with van der Waals surface area (Å²) < 4.78 is 1.72. The molecule has 1 amide bonds. The molecular formula is C22H23ClN4O. The van der Waals surface area contributed by atoms with Gasteiger partial charge in [0, 0.05) is 35.7 Å². The van der Waals surface area contributed by atoms with Crippen molar-refractivity contribution in [2.24, 2.45) is 5.92 Å². The van der Waals surface area contributed by atoms with Crippen LogP contribution in [-0.2, 0) is 6.54 Å². The van der Waals surface area contributed by atoms with Crippen LogP contribution in [0.5, 0.6) is 0 Å². The van der Waals surface area contributed by atoms with E-state index in [0.29, 0.717) is 17.1 Å². The number of hydrogen-bond donors (Lipinski definition) is 1. The van der Waals surface area contributed by atoms with Crippen molar-refractivity contribution in [3.63, 3.8) is 0 Å². The van der Waals surface area contributed by atoms with Crippen molar-refractivity contribution < 1.29 is 4.79 Å². The average molecular weight is 395 g/mol. The topological polar surface area (TPSA) is 50.2 Å². The number of aromatic nitrogens is 2. The largest absolute Gasteiger partial charge is 0.371 e. The van der Waals surface area contributed by atoms with Crippen LogP contribution < -0.4 is 10.2 Å². The number of nitrogens with zero attached hydrogens (tertiary/aromatic N) is 3. The third-order valence-electron chi connectivity index (χ3n) is 5.10. The number of benzene rings is 2. The van der Waals surface area contributed by atoms with E-state index in [4.69, 9.17) is 11.6 Å². The molecule has 1 unspecified atom stereocenters. The molecule has 1 N–H and O–H groups in total. The van der Waals surface area contributed by atoms with E-state index in [1.54, 1.807) is 17.1 Å². The van der Waals surface area contributed by atoms with Gasteiger partial charge in [-0.2, -0.15) is 5.10 Å². The van der Waals surface area contributed by atoms with Crippen LogP contribution in [0.2, 0.25) is 5.02 Å². The maximum atomic E-state index is 12.5. The first-order chi connectivity index (χ1) is 13.6. The quantitative estimate of drug-likeness (QED) is 0.683. The van der Waals surface area contributed by atoms with Gasteiger partial charge in [-0.25, -0.2) is 0 Å². The molecule has 144 valence electrons. The Hall–Kier alpha value is -2.79. The first kappa shape index (κ1) is 18.6. The molecular weight excluding hydrogens is 372 g/mol. The highest BCUT2D eigenvalue weighted by Gasteiger charge is 2.18. The first-order valence-corrected chi connectivity index (χ1v) is 9.88. The smallest absolute Gasteiger partial charge is 0.258 e. The monoisotopic (exact) mass is 394 g/mol. The van der Waals surface area contributed by atoms with Crippen LogP contribution in [0.3, 0.4) is 0 Å². The van der Waals surface area contributed by atoms with E-state index in [0.717, 1.165) is 30.3 Å². The van der Waals surface area contributed by atoms with Crippen molar-refractivity contribution in [3.05, 3.63) is 77.1 Å². The van der Waals surface area contributed by atoms with Crippen molar-refractivity contribution in [2.45, 2.75) is 19.9 Å². The van der Waals surface area contributed by atoms with Crippen LogP contribution in [0.25, 0.3) is 0 Å². The molecule has 0 saturated carbocycles. The van der Waals surface area contributed by atoms with E-state index in [-0.39, 0.29) is 5.91 Å². The number of halogens is 1. The molecule has 4 rings (SSSR count). The molecule has 3 aromatic rings. The molecule has 0 bridgehead atoms. The number of carbonyl (C=O) groups excluding carboxylic acids is 1. The highest BCUT2D eigenvalue weighted by Crippen LogP contribution is 2.25. The van der Waals surface area contributed by atoms with Crippen LogP contribution >= 0.6 is 11.6 Å². The molecule has 1 atom stereocenters. The van der Waals surface area contributed by atoms with Crippen LogP contribution in [-0.4, -0.2) is 28.8 Å². The number of anilines is 2. The summed E-state index contributed by atoms with van der Waals surface area (Å²) >= 11 is 6.19. The lowest BCUT2D eigenvalue weighted by Crippen LogP contribution is -2.19. The molecule has 0 aliphatic carbocycles. The van der Waals surface area contributed by atoms with Gasteiger partial charge in [0.05, 0.1) is 18.3 Å². The molecule has 5 nitrogen and oxygen atoms in total. The molecule has 1 aromatic heterocycles. The average Bonchev–Trinajstić information content (AvgIpc) is 3.33. The van der Waals surface area contributed by atoms with Gasteiger partial charge in [0.1, 0.15) is 0 Å². The van der Waals surface area contributed by atoms with Gasteiger partial charge in [-0.1, -0.05) is 36.7 Å². The molecule has 1 aliphatic heterocycles. The van der Waals surface area contributed by atoms with E-state index >= 15 is 0 Å². The van der Waals surface area contributed by atoms with E-state index < -0.39 is 0 Å². The number of rotatable bonds is 5. The second kappa shape index (κ2) is 8.07. The second-order valence-electron chi connectivity index (χ2n) is 7.36. The van der Waals surface area contributed by atoms with Gasteiger partial charge >= 0.3 is 0 Å². The SMILES string of the molecule is CC1CCN(c2ccc(NC(=O)c3cnn(Cc4ccccc4Cl)c3)cc2)C1. The summed E-state index contributed by atoms with van der Waals surface area (Å²) in [4.78, 5) is 14.9. The molecule has 1 aliphatic rings. The van der Waals surface area contributed by atoms with Crippen LogP contribution in [0.15, 0.2) is 60.9 Å². The zero-order chi connectivity index (χ0) is 19.5. The summed E-state index contributed by atoms with van der Waals surface area (Å²) in [5.74, 6) is 0.564. The Morgan fingerprint density at radius 2 is 2.00 bits per heavy atom. The zero-order valence-corrected chi connectivity index (χ0v) is 16.6. The fraction of sp³-hybridized carbons (Fsp3) is 0.273. The molecule has 2 aromatic carbocycles. The molecule has 28 heavy (non-hydrogen) atoms. The third kappa shape index (κ3) is 4.20. The standard InChI is InChI=1S/C22H23ClN4O/c1-16-10-11-26(13-16)20-8-6-19(7-9-20)25-22(28)18-12-24-27(15-18)14-17-4-2-3-5-21(17)23/h2-9,12,15-16H,10-11,13-14H2,1H3,(H,25,28). The summed E-state index contributed by atoms with van der Waals surface area (Å²) in [7, 11) is 0. The highest BCUT2D eigenvalue weighted by molar-refractivity contribution is 6.31. The van der Waals surface area contributed by atoms with Crippen molar-refractivity contribution in [3.8, 4) is 0 Å². The Morgan fingerprint density at radius 3 is 2.71 bits per heavy atom. The number of carbonyl (C=O) groups is 1. The Morgan fingerprint density at radius 1 is 1.21 bits per heavy atom. The fourth-order valence-electron chi connectivity index (χ4n) is 3.50. The minimum Gasteiger partial charge on any atom is -0.371 e. The fourth-order valence-corrected chi connectivity index (χ4v) is 3.69. The van der Waals surface area contributed by atoms with Crippen molar-refractivity contribution in [2.75, 3.05) is 23.3 Å². The lowest BCUT2D eigenvalue weighted by Gasteiger charge is -2.18. The number of amides is 1. The highest BCUT2D eigenvalue weighted by atomic mass is 35.5. The summed E-state index contributed by atoms with van der Waals surface area (Å²) in [5, 5.41) is 7.91. The van der Waals surface area contributed by atoms with E-state index in [1.165, 1.54) is 12.1 Å². The van der Waals surface area contributed by atoms with Crippen molar-refractivity contribution >= 4 is 28.9 Å². The predicted octanol–water partition coefficient (Wildman–Crippen LogP) is 4.68. The third-order valence-corrected chi connectivity index (χ3v) is 5.47. The van der Waals surface area contributed by atoms with Crippen LogP contribution in [0, 0.1) is 5.92 Å². The minimum absolute atomic E-state index is 0.173. The van der Waals surface area contributed by atoms with Gasteiger partial charge in [-0.05, 0) is 48.2 Å². The van der Waals surface area contributed by atoms with Crippen molar-refractivity contribution in [1.29, 1.82) is 0 Å². The number of nitrogens with one attached hydrogen (secondary N) is 1. The Bertz CT molecular complexity index is 967. The predicted molar refractivity (Wildman–Crippen MR) is 113 cm³/mol. The normalized spacial score (nSPS) is 16.4. The maximum Gasteiger partial charge on any atom is 0.258 e. The van der Waals surface area contributed by atoms with E-state index in [1.807, 2.05) is 36.4 Å². The van der Waals surface area contributed by atoms with E-state index in [9.17, 15) is 4.79 Å². The zero-order valence-electron chi connectivity index (χ0n) is 15.8. The second-order valence-corrected chi connectivity index (χ2v) is 7.77. The lowest BCUT2D eigenvalue weighted by molar-refractivity contribution is 0.102. The molecule has 0 radical (unpaired) electrons. The van der Waals surface area contributed by atoms with Gasteiger partial charge in [0.2, 0.25) is 0 Å². The van der Waals surface area contributed by atoms with Gasteiger partial charge in [-0.3, -0.25) is 9.48 Å².